The summed E-state index contributed by atoms with van der Waals surface area (Å²) in [6.07, 6.45) is 0.554. The molecule has 0 aliphatic carbocycles. The van der Waals surface area contributed by atoms with Crippen molar-refractivity contribution in [1.29, 1.82) is 0 Å². The summed E-state index contributed by atoms with van der Waals surface area (Å²) in [5.74, 6) is 1.31. The molecule has 0 aliphatic rings. The van der Waals surface area contributed by atoms with E-state index >= 15 is 0 Å². The molecular formula is C14H15ClFNO. The van der Waals surface area contributed by atoms with Gasteiger partial charge in [-0.2, -0.15) is 0 Å². The van der Waals surface area contributed by atoms with Crippen molar-refractivity contribution in [3.05, 3.63) is 57.8 Å². The van der Waals surface area contributed by atoms with Crippen molar-refractivity contribution in [2.24, 2.45) is 5.73 Å². The average molecular weight is 268 g/mol. The number of aryl methyl sites for hydroxylation is 2. The minimum atomic E-state index is -0.340. The molecule has 96 valence electrons. The number of halogens is 2. The Morgan fingerprint density at radius 2 is 2.06 bits per heavy atom. The zero-order valence-electron chi connectivity index (χ0n) is 10.3. The Morgan fingerprint density at radius 1 is 1.33 bits per heavy atom. The number of hydrogen-bond acceptors (Lipinski definition) is 2. The van der Waals surface area contributed by atoms with E-state index in [-0.39, 0.29) is 11.9 Å². The van der Waals surface area contributed by atoms with Crippen molar-refractivity contribution in [2.45, 2.75) is 26.3 Å². The molecule has 2 aromatic rings. The van der Waals surface area contributed by atoms with E-state index in [1.54, 1.807) is 6.07 Å². The van der Waals surface area contributed by atoms with Gasteiger partial charge in [-0.25, -0.2) is 4.39 Å². The Kier molecular flexibility index (Phi) is 3.73. The lowest BCUT2D eigenvalue weighted by Crippen LogP contribution is -2.13. The minimum absolute atomic E-state index is 0.203. The van der Waals surface area contributed by atoms with E-state index < -0.39 is 0 Å². The maximum absolute atomic E-state index is 12.9. The number of rotatable bonds is 3. The molecule has 0 bridgehead atoms. The summed E-state index contributed by atoms with van der Waals surface area (Å²) in [6, 6.07) is 6.08. The Balaban J connectivity index is 2.21. The third-order valence-corrected chi connectivity index (χ3v) is 3.29. The van der Waals surface area contributed by atoms with E-state index in [1.807, 2.05) is 19.9 Å². The lowest BCUT2D eigenvalue weighted by Gasteiger charge is -2.12. The summed E-state index contributed by atoms with van der Waals surface area (Å²) in [5.41, 5.74) is 7.94. The number of nitrogens with two attached hydrogens (primary N) is 1. The molecule has 0 saturated heterocycles. The molecule has 0 spiro atoms. The lowest BCUT2D eigenvalue weighted by atomic mass is 10.00. The van der Waals surface area contributed by atoms with Gasteiger partial charge in [0, 0.05) is 16.6 Å². The molecule has 2 nitrogen and oxygen atoms in total. The van der Waals surface area contributed by atoms with Crippen LogP contribution in [0.4, 0.5) is 4.39 Å². The quantitative estimate of drug-likeness (QED) is 0.915. The van der Waals surface area contributed by atoms with Crippen LogP contribution < -0.4 is 5.73 Å². The lowest BCUT2D eigenvalue weighted by molar-refractivity contribution is 0.497. The van der Waals surface area contributed by atoms with Crippen molar-refractivity contribution < 1.29 is 8.81 Å². The van der Waals surface area contributed by atoms with Crippen LogP contribution in [0.25, 0.3) is 0 Å². The molecule has 0 radical (unpaired) electrons. The molecule has 1 aromatic carbocycles. The van der Waals surface area contributed by atoms with Crippen LogP contribution in [0.5, 0.6) is 0 Å². The SMILES string of the molecule is Cc1cc(C(N)Cc2ccc(F)cc2Cl)c(C)o1. The summed E-state index contributed by atoms with van der Waals surface area (Å²) in [5, 5.41) is 0.406. The molecule has 0 fully saturated rings. The predicted octanol–water partition coefficient (Wildman–Crippen LogP) is 3.93. The van der Waals surface area contributed by atoms with Crippen LogP contribution in [0.2, 0.25) is 5.02 Å². The van der Waals surface area contributed by atoms with Crippen molar-refractivity contribution in [3.8, 4) is 0 Å². The predicted molar refractivity (Wildman–Crippen MR) is 70.2 cm³/mol. The zero-order chi connectivity index (χ0) is 13.3. The highest BCUT2D eigenvalue weighted by Gasteiger charge is 2.15. The van der Waals surface area contributed by atoms with Crippen LogP contribution >= 0.6 is 11.6 Å². The van der Waals surface area contributed by atoms with E-state index in [0.717, 1.165) is 22.6 Å². The number of hydrogen-bond donors (Lipinski definition) is 1. The van der Waals surface area contributed by atoms with E-state index in [1.165, 1.54) is 12.1 Å². The van der Waals surface area contributed by atoms with Crippen LogP contribution in [-0.2, 0) is 6.42 Å². The van der Waals surface area contributed by atoms with E-state index in [9.17, 15) is 4.39 Å². The number of furan rings is 1. The van der Waals surface area contributed by atoms with Gasteiger partial charge in [0.1, 0.15) is 17.3 Å². The van der Waals surface area contributed by atoms with Crippen LogP contribution in [-0.4, -0.2) is 0 Å². The number of benzene rings is 1. The molecule has 18 heavy (non-hydrogen) atoms. The van der Waals surface area contributed by atoms with Gasteiger partial charge in [0.15, 0.2) is 0 Å². The van der Waals surface area contributed by atoms with Crippen LogP contribution in [0.15, 0.2) is 28.7 Å². The largest absolute Gasteiger partial charge is 0.466 e. The van der Waals surface area contributed by atoms with Gasteiger partial charge < -0.3 is 10.2 Å². The molecule has 0 aliphatic heterocycles. The van der Waals surface area contributed by atoms with E-state index in [0.29, 0.717) is 11.4 Å². The van der Waals surface area contributed by atoms with Gasteiger partial charge in [0.2, 0.25) is 0 Å². The van der Waals surface area contributed by atoms with Gasteiger partial charge in [0.25, 0.3) is 0 Å². The van der Waals surface area contributed by atoms with Gasteiger partial charge in [-0.05, 0) is 44.0 Å². The van der Waals surface area contributed by atoms with Crippen molar-refractivity contribution >= 4 is 11.6 Å². The Bertz CT molecular complexity index is 565. The zero-order valence-corrected chi connectivity index (χ0v) is 11.1. The maximum Gasteiger partial charge on any atom is 0.124 e. The van der Waals surface area contributed by atoms with Crippen molar-refractivity contribution in [2.75, 3.05) is 0 Å². The first kappa shape index (κ1) is 13.1. The van der Waals surface area contributed by atoms with Gasteiger partial charge in [-0.15, -0.1) is 0 Å². The third-order valence-electron chi connectivity index (χ3n) is 2.93. The van der Waals surface area contributed by atoms with E-state index in [4.69, 9.17) is 21.8 Å². The fourth-order valence-corrected chi connectivity index (χ4v) is 2.30. The molecule has 0 amide bonds. The maximum atomic E-state index is 12.9. The highest BCUT2D eigenvalue weighted by molar-refractivity contribution is 6.31. The third kappa shape index (κ3) is 2.74. The summed E-state index contributed by atoms with van der Waals surface area (Å²) in [4.78, 5) is 0. The topological polar surface area (TPSA) is 39.2 Å². The summed E-state index contributed by atoms with van der Waals surface area (Å²) in [6.45, 7) is 3.77. The van der Waals surface area contributed by atoms with Gasteiger partial charge in [-0.3, -0.25) is 0 Å². The fraction of sp³-hybridized carbons (Fsp3) is 0.286. The smallest absolute Gasteiger partial charge is 0.124 e. The van der Waals surface area contributed by atoms with Crippen LogP contribution in [0.1, 0.15) is 28.7 Å². The normalized spacial score (nSPS) is 12.7. The second-order valence-corrected chi connectivity index (χ2v) is 4.82. The van der Waals surface area contributed by atoms with Crippen LogP contribution in [0, 0.1) is 19.7 Å². The molecule has 0 saturated carbocycles. The molecule has 1 atom stereocenters. The fourth-order valence-electron chi connectivity index (χ4n) is 2.05. The first-order valence-electron chi connectivity index (χ1n) is 5.74. The van der Waals surface area contributed by atoms with Crippen molar-refractivity contribution in [1.82, 2.24) is 0 Å². The molecule has 1 heterocycles. The van der Waals surface area contributed by atoms with Gasteiger partial charge in [0.05, 0.1) is 0 Å². The highest BCUT2D eigenvalue weighted by Crippen LogP contribution is 2.26. The van der Waals surface area contributed by atoms with Crippen LogP contribution in [0.3, 0.4) is 0 Å². The van der Waals surface area contributed by atoms with Gasteiger partial charge in [-0.1, -0.05) is 17.7 Å². The Hall–Kier alpha value is -1.32. The van der Waals surface area contributed by atoms with Gasteiger partial charge >= 0.3 is 0 Å². The molecular weight excluding hydrogens is 253 g/mol. The summed E-state index contributed by atoms with van der Waals surface area (Å²) in [7, 11) is 0. The second-order valence-electron chi connectivity index (χ2n) is 4.41. The first-order valence-corrected chi connectivity index (χ1v) is 6.11. The first-order chi connectivity index (χ1) is 8.47. The van der Waals surface area contributed by atoms with E-state index in [2.05, 4.69) is 0 Å². The molecule has 1 aromatic heterocycles. The standard InChI is InChI=1S/C14H15ClFNO/c1-8-5-12(9(2)18-8)14(17)6-10-3-4-11(16)7-13(10)15/h3-5,7,14H,6,17H2,1-2H3. The molecule has 1 unspecified atom stereocenters. The molecule has 2 rings (SSSR count). The summed E-state index contributed by atoms with van der Waals surface area (Å²) < 4.78 is 18.4. The van der Waals surface area contributed by atoms with Crippen molar-refractivity contribution in [3.63, 3.8) is 0 Å². The molecule has 2 N–H and O–H groups in total. The summed E-state index contributed by atoms with van der Waals surface area (Å²) >= 11 is 5.99. The highest BCUT2D eigenvalue weighted by atomic mass is 35.5. The monoisotopic (exact) mass is 267 g/mol. The minimum Gasteiger partial charge on any atom is -0.466 e. The average Bonchev–Trinajstić information content (AvgIpc) is 2.62. The Morgan fingerprint density at radius 3 is 2.61 bits per heavy atom. The second kappa shape index (κ2) is 5.12. The Labute approximate surface area is 111 Å². The molecule has 4 heteroatoms.